The monoisotopic (exact) mass is 387 g/mol. The minimum Gasteiger partial charge on any atom is -0.390 e. The molecule has 3 N–H and O–H groups in total. The highest BCUT2D eigenvalue weighted by atomic mass is 19.1. The van der Waals surface area contributed by atoms with Crippen LogP contribution in [0.2, 0.25) is 0 Å². The second kappa shape index (κ2) is 6.83. The van der Waals surface area contributed by atoms with Crippen molar-refractivity contribution in [2.24, 2.45) is 0 Å². The van der Waals surface area contributed by atoms with Crippen LogP contribution in [0, 0.1) is 5.82 Å². The SMILES string of the molecule is O=C(N[C@@H]1c2ccccc2C[C@H]1O)c1ccc(-c2ccnc3[nH]cc(F)c23)cc1. The van der Waals surface area contributed by atoms with Gasteiger partial charge in [0.05, 0.1) is 17.5 Å². The third-order valence-corrected chi connectivity index (χ3v) is 5.47. The second-order valence-corrected chi connectivity index (χ2v) is 7.22. The smallest absolute Gasteiger partial charge is 0.251 e. The van der Waals surface area contributed by atoms with Gasteiger partial charge in [-0.15, -0.1) is 0 Å². The van der Waals surface area contributed by atoms with Crippen molar-refractivity contribution in [3.8, 4) is 11.1 Å². The number of nitrogens with one attached hydrogen (secondary N) is 2. The van der Waals surface area contributed by atoms with E-state index in [2.05, 4.69) is 15.3 Å². The number of aromatic nitrogens is 2. The van der Waals surface area contributed by atoms with Gasteiger partial charge in [0.15, 0.2) is 5.82 Å². The average molecular weight is 387 g/mol. The lowest BCUT2D eigenvalue weighted by atomic mass is 10.0. The van der Waals surface area contributed by atoms with Gasteiger partial charge in [-0.1, -0.05) is 36.4 Å². The molecule has 1 aliphatic carbocycles. The van der Waals surface area contributed by atoms with Crippen LogP contribution in [-0.2, 0) is 6.42 Å². The molecule has 144 valence electrons. The molecule has 5 rings (SSSR count). The van der Waals surface area contributed by atoms with Crippen LogP contribution in [0.4, 0.5) is 4.39 Å². The van der Waals surface area contributed by atoms with Crippen LogP contribution in [0.5, 0.6) is 0 Å². The van der Waals surface area contributed by atoms with Gasteiger partial charge < -0.3 is 15.4 Å². The largest absolute Gasteiger partial charge is 0.390 e. The Morgan fingerprint density at radius 2 is 1.93 bits per heavy atom. The predicted molar refractivity (Wildman–Crippen MR) is 108 cm³/mol. The number of pyridine rings is 1. The van der Waals surface area contributed by atoms with E-state index in [1.807, 2.05) is 24.3 Å². The maximum absolute atomic E-state index is 14.1. The van der Waals surface area contributed by atoms with E-state index in [4.69, 9.17) is 0 Å². The Kier molecular flexibility index (Phi) is 4.14. The van der Waals surface area contributed by atoms with Crippen LogP contribution in [-0.4, -0.2) is 27.1 Å². The first-order valence-corrected chi connectivity index (χ1v) is 9.40. The highest BCUT2D eigenvalue weighted by Gasteiger charge is 2.32. The van der Waals surface area contributed by atoms with E-state index in [0.717, 1.165) is 16.7 Å². The first-order chi connectivity index (χ1) is 14.1. The van der Waals surface area contributed by atoms with E-state index in [-0.39, 0.29) is 11.7 Å². The summed E-state index contributed by atoms with van der Waals surface area (Å²) in [7, 11) is 0. The molecule has 6 heteroatoms. The summed E-state index contributed by atoms with van der Waals surface area (Å²) in [6, 6.07) is 16.0. The van der Waals surface area contributed by atoms with Gasteiger partial charge in [-0.2, -0.15) is 0 Å². The zero-order chi connectivity index (χ0) is 20.0. The van der Waals surface area contributed by atoms with E-state index in [0.29, 0.717) is 28.6 Å². The number of aliphatic hydroxyl groups is 1. The summed E-state index contributed by atoms with van der Waals surface area (Å²) < 4.78 is 14.1. The highest BCUT2D eigenvalue weighted by Crippen LogP contribution is 2.32. The van der Waals surface area contributed by atoms with E-state index in [9.17, 15) is 14.3 Å². The number of benzene rings is 2. The van der Waals surface area contributed by atoms with Crippen molar-refractivity contribution < 1.29 is 14.3 Å². The van der Waals surface area contributed by atoms with Gasteiger partial charge >= 0.3 is 0 Å². The maximum atomic E-state index is 14.1. The van der Waals surface area contributed by atoms with Gasteiger partial charge in [0.1, 0.15) is 5.65 Å². The molecule has 0 aliphatic heterocycles. The molecule has 2 aromatic heterocycles. The van der Waals surface area contributed by atoms with Crippen LogP contribution in [0.25, 0.3) is 22.2 Å². The third kappa shape index (κ3) is 2.98. The predicted octanol–water partition coefficient (Wildman–Crippen LogP) is 3.76. The topological polar surface area (TPSA) is 78.0 Å². The molecule has 2 aromatic carbocycles. The summed E-state index contributed by atoms with van der Waals surface area (Å²) in [5.74, 6) is -0.621. The second-order valence-electron chi connectivity index (χ2n) is 7.22. The fourth-order valence-electron chi connectivity index (χ4n) is 4.03. The first kappa shape index (κ1) is 17.6. The standard InChI is InChI=1S/C23H18FN3O2/c24-18-12-26-22-20(18)16(9-10-25-22)13-5-7-14(8-6-13)23(29)27-21-17-4-2-1-3-15(17)11-19(21)28/h1-10,12,19,21,28H,11H2,(H,25,26)(H,27,29)/t19-,21-/m1/s1. The number of aliphatic hydroxyl groups excluding tert-OH is 1. The lowest BCUT2D eigenvalue weighted by Crippen LogP contribution is -2.33. The average Bonchev–Trinajstić information content (AvgIpc) is 3.28. The van der Waals surface area contributed by atoms with Gasteiger partial charge in [-0.05, 0) is 40.5 Å². The molecule has 5 nitrogen and oxygen atoms in total. The molecular weight excluding hydrogens is 369 g/mol. The van der Waals surface area contributed by atoms with Crippen LogP contribution >= 0.6 is 0 Å². The number of amides is 1. The van der Waals surface area contributed by atoms with Crippen molar-refractivity contribution in [1.82, 2.24) is 15.3 Å². The third-order valence-electron chi connectivity index (χ3n) is 5.47. The normalized spacial score (nSPS) is 18.0. The molecule has 0 spiro atoms. The minimum atomic E-state index is -0.641. The van der Waals surface area contributed by atoms with Gasteiger partial charge in [-0.3, -0.25) is 4.79 Å². The molecule has 1 amide bonds. The molecule has 0 saturated carbocycles. The van der Waals surface area contributed by atoms with Crippen molar-refractivity contribution in [2.45, 2.75) is 18.6 Å². The molecule has 2 atom stereocenters. The van der Waals surface area contributed by atoms with Gasteiger partial charge in [0, 0.05) is 24.4 Å². The molecule has 0 radical (unpaired) electrons. The van der Waals surface area contributed by atoms with Gasteiger partial charge in [-0.25, -0.2) is 9.37 Å². The first-order valence-electron chi connectivity index (χ1n) is 9.40. The Balaban J connectivity index is 1.41. The fraction of sp³-hybridized carbons (Fsp3) is 0.130. The maximum Gasteiger partial charge on any atom is 0.251 e. The molecule has 2 heterocycles. The molecular formula is C23H18FN3O2. The molecule has 1 aliphatic rings. The summed E-state index contributed by atoms with van der Waals surface area (Å²) in [5.41, 5.74) is 4.46. The van der Waals surface area contributed by atoms with Crippen molar-refractivity contribution in [3.63, 3.8) is 0 Å². The Hall–Kier alpha value is -3.51. The number of hydrogen-bond acceptors (Lipinski definition) is 3. The quantitative estimate of drug-likeness (QED) is 0.501. The van der Waals surface area contributed by atoms with Crippen molar-refractivity contribution in [3.05, 3.63) is 89.5 Å². The van der Waals surface area contributed by atoms with Gasteiger partial charge in [0.2, 0.25) is 0 Å². The van der Waals surface area contributed by atoms with Crippen molar-refractivity contribution >= 4 is 16.9 Å². The Morgan fingerprint density at radius 1 is 1.14 bits per heavy atom. The number of aromatic amines is 1. The lowest BCUT2D eigenvalue weighted by Gasteiger charge is -2.18. The summed E-state index contributed by atoms with van der Waals surface area (Å²) in [5, 5.41) is 13.7. The Morgan fingerprint density at radius 3 is 2.76 bits per heavy atom. The highest BCUT2D eigenvalue weighted by molar-refractivity contribution is 5.97. The molecule has 29 heavy (non-hydrogen) atoms. The Bertz CT molecular complexity index is 1220. The fourth-order valence-corrected chi connectivity index (χ4v) is 4.03. The van der Waals surface area contributed by atoms with E-state index < -0.39 is 12.1 Å². The number of carbonyl (C=O) groups is 1. The summed E-state index contributed by atoms with van der Waals surface area (Å²) >= 11 is 0. The molecule has 0 unspecified atom stereocenters. The summed E-state index contributed by atoms with van der Waals surface area (Å²) in [6.07, 6.45) is 2.79. The van der Waals surface area contributed by atoms with Crippen LogP contribution in [0.15, 0.2) is 67.0 Å². The molecule has 0 saturated heterocycles. The summed E-state index contributed by atoms with van der Waals surface area (Å²) in [4.78, 5) is 19.7. The number of fused-ring (bicyclic) bond motifs is 2. The number of hydrogen-bond donors (Lipinski definition) is 3. The van der Waals surface area contributed by atoms with Crippen molar-refractivity contribution in [1.29, 1.82) is 0 Å². The van der Waals surface area contributed by atoms with Crippen molar-refractivity contribution in [2.75, 3.05) is 0 Å². The zero-order valence-electron chi connectivity index (χ0n) is 15.4. The number of H-pyrrole nitrogens is 1. The van der Waals surface area contributed by atoms with E-state index >= 15 is 0 Å². The molecule has 0 bridgehead atoms. The van der Waals surface area contributed by atoms with Crippen LogP contribution < -0.4 is 5.32 Å². The number of carbonyl (C=O) groups excluding carboxylic acids is 1. The van der Waals surface area contributed by atoms with Crippen LogP contribution in [0.3, 0.4) is 0 Å². The minimum absolute atomic E-state index is 0.259. The number of rotatable bonds is 3. The van der Waals surface area contributed by atoms with E-state index in [1.54, 1.807) is 36.5 Å². The van der Waals surface area contributed by atoms with Gasteiger partial charge in [0.25, 0.3) is 5.91 Å². The number of nitrogens with zero attached hydrogens (tertiary/aromatic N) is 1. The van der Waals surface area contributed by atoms with E-state index in [1.165, 1.54) is 6.20 Å². The molecule has 4 aromatic rings. The lowest BCUT2D eigenvalue weighted by molar-refractivity contribution is 0.0858. The summed E-state index contributed by atoms with van der Waals surface area (Å²) in [6.45, 7) is 0. The van der Waals surface area contributed by atoms with Crippen LogP contribution in [0.1, 0.15) is 27.5 Å². The molecule has 0 fully saturated rings. The zero-order valence-corrected chi connectivity index (χ0v) is 15.4. The Labute approximate surface area is 166 Å². The number of halogens is 1.